The molecule has 0 saturated heterocycles. The van der Waals surface area contributed by atoms with Crippen LogP contribution in [0.25, 0.3) is 0 Å². The minimum absolute atomic E-state index is 0. The molecule has 0 bridgehead atoms. The SMILES string of the molecule is Cc1n[n-]c(Cl)c1C.[Ag+]. The van der Waals surface area contributed by atoms with Crippen LogP contribution >= 0.6 is 11.6 Å². The second kappa shape index (κ2) is 3.42. The third-order valence-corrected chi connectivity index (χ3v) is 1.50. The number of nitrogens with zero attached hydrogens (tertiary/aromatic N) is 2. The summed E-state index contributed by atoms with van der Waals surface area (Å²) in [5.41, 5.74) is 1.89. The molecule has 0 atom stereocenters. The fourth-order valence-electron chi connectivity index (χ4n) is 0.418. The van der Waals surface area contributed by atoms with Crippen LogP contribution in [-0.4, -0.2) is 5.10 Å². The Morgan fingerprint density at radius 1 is 1.44 bits per heavy atom. The van der Waals surface area contributed by atoms with Crippen LogP contribution in [0.15, 0.2) is 0 Å². The zero-order chi connectivity index (χ0) is 6.15. The summed E-state index contributed by atoms with van der Waals surface area (Å²) in [5.74, 6) is 0. The summed E-state index contributed by atoms with van der Waals surface area (Å²) >= 11 is 5.56. The average molecular weight is 237 g/mol. The number of hydrogen-bond donors (Lipinski definition) is 0. The molecule has 0 aliphatic heterocycles. The molecule has 0 spiro atoms. The van der Waals surface area contributed by atoms with E-state index in [0.29, 0.717) is 5.15 Å². The van der Waals surface area contributed by atoms with Crippen LogP contribution in [0.4, 0.5) is 0 Å². The maximum Gasteiger partial charge on any atom is 1.00 e. The Morgan fingerprint density at radius 3 is 2.11 bits per heavy atom. The van der Waals surface area contributed by atoms with Gasteiger partial charge < -0.3 is 10.2 Å². The van der Waals surface area contributed by atoms with Gasteiger partial charge in [0.25, 0.3) is 0 Å². The molecule has 0 aliphatic carbocycles. The van der Waals surface area contributed by atoms with Gasteiger partial charge in [-0.1, -0.05) is 0 Å². The molecule has 1 rings (SSSR count). The number of aryl methyl sites for hydroxylation is 1. The van der Waals surface area contributed by atoms with Crippen LogP contribution in [0.1, 0.15) is 11.3 Å². The van der Waals surface area contributed by atoms with E-state index >= 15 is 0 Å². The van der Waals surface area contributed by atoms with Gasteiger partial charge in [0.05, 0.1) is 0 Å². The molecule has 0 unspecified atom stereocenters. The molecule has 0 radical (unpaired) electrons. The molecule has 0 saturated carbocycles. The van der Waals surface area contributed by atoms with Gasteiger partial charge in [0.2, 0.25) is 0 Å². The zero-order valence-electron chi connectivity index (χ0n) is 5.07. The molecule has 54 valence electrons. The quantitative estimate of drug-likeness (QED) is 0.636. The first-order valence-corrected chi connectivity index (χ1v) is 2.71. The maximum atomic E-state index is 5.56. The normalized spacial score (nSPS) is 8.78. The molecule has 0 fully saturated rings. The molecule has 1 heterocycles. The minimum atomic E-state index is 0. The zero-order valence-corrected chi connectivity index (χ0v) is 7.31. The first-order chi connectivity index (χ1) is 3.72. The van der Waals surface area contributed by atoms with Crippen molar-refractivity contribution >= 4 is 11.6 Å². The monoisotopic (exact) mass is 236 g/mol. The Hall–Kier alpha value is 0.240. The van der Waals surface area contributed by atoms with Gasteiger partial charge in [-0.25, -0.2) is 0 Å². The summed E-state index contributed by atoms with van der Waals surface area (Å²) in [5, 5.41) is 7.88. The number of hydrogen-bond acceptors (Lipinski definition) is 1. The molecule has 9 heavy (non-hydrogen) atoms. The van der Waals surface area contributed by atoms with Crippen LogP contribution in [0.3, 0.4) is 0 Å². The Bertz CT molecular complexity index is 177. The van der Waals surface area contributed by atoms with Crippen LogP contribution in [0, 0.1) is 13.8 Å². The smallest absolute Gasteiger partial charge is 0.565 e. The van der Waals surface area contributed by atoms with Gasteiger partial charge in [-0.3, -0.25) is 0 Å². The predicted octanol–water partition coefficient (Wildman–Crippen LogP) is 1.31. The van der Waals surface area contributed by atoms with Crippen molar-refractivity contribution in [2.24, 2.45) is 0 Å². The number of rotatable bonds is 0. The standard InChI is InChI=1S/C5H6ClN2.Ag/c1-3-4(2)7-8-5(3)6;/h1-2H3;/q-1;+1. The Kier molecular flexibility index (Phi) is 3.51. The predicted molar refractivity (Wildman–Crippen MR) is 32.0 cm³/mol. The molecule has 0 amide bonds. The molecule has 2 nitrogen and oxygen atoms in total. The van der Waals surface area contributed by atoms with E-state index in [2.05, 4.69) is 10.2 Å². The van der Waals surface area contributed by atoms with Gasteiger partial charge in [-0.15, -0.1) is 11.6 Å². The topological polar surface area (TPSA) is 27.0 Å². The number of halogens is 1. The fraction of sp³-hybridized carbons (Fsp3) is 0.400. The van der Waals surface area contributed by atoms with Crippen molar-refractivity contribution in [3.63, 3.8) is 0 Å². The number of aromatic nitrogens is 2. The Morgan fingerprint density at radius 2 is 2.00 bits per heavy atom. The second-order valence-corrected chi connectivity index (χ2v) is 2.06. The third-order valence-electron chi connectivity index (χ3n) is 1.14. The van der Waals surface area contributed by atoms with E-state index in [1.807, 2.05) is 13.8 Å². The summed E-state index contributed by atoms with van der Waals surface area (Å²) < 4.78 is 0. The molecule has 1 aromatic rings. The van der Waals surface area contributed by atoms with Crippen molar-refractivity contribution < 1.29 is 22.4 Å². The van der Waals surface area contributed by atoms with Gasteiger partial charge in [0.1, 0.15) is 0 Å². The van der Waals surface area contributed by atoms with E-state index < -0.39 is 0 Å². The van der Waals surface area contributed by atoms with Gasteiger partial charge >= 0.3 is 22.4 Å². The van der Waals surface area contributed by atoms with Crippen molar-refractivity contribution in [1.29, 1.82) is 0 Å². The van der Waals surface area contributed by atoms with Crippen LogP contribution in [0.5, 0.6) is 0 Å². The first-order valence-electron chi connectivity index (χ1n) is 2.34. The Labute approximate surface area is 74.5 Å². The summed E-state index contributed by atoms with van der Waals surface area (Å²) in [6.07, 6.45) is 0. The largest absolute Gasteiger partial charge is 1.00 e. The van der Waals surface area contributed by atoms with Crippen LogP contribution in [0.2, 0.25) is 5.15 Å². The maximum absolute atomic E-state index is 5.56. The molecular formula is C5H6AgClN2. The van der Waals surface area contributed by atoms with Gasteiger partial charge in [-0.2, -0.15) is 0 Å². The third kappa shape index (κ3) is 1.83. The molecule has 0 aromatic carbocycles. The van der Waals surface area contributed by atoms with E-state index in [4.69, 9.17) is 11.6 Å². The van der Waals surface area contributed by atoms with Crippen molar-refractivity contribution in [1.82, 2.24) is 10.2 Å². The fourth-order valence-corrected chi connectivity index (χ4v) is 0.593. The van der Waals surface area contributed by atoms with Crippen molar-refractivity contribution in [3.05, 3.63) is 16.4 Å². The molecular weight excluding hydrogens is 231 g/mol. The summed E-state index contributed by atoms with van der Waals surface area (Å²) in [4.78, 5) is 0. The van der Waals surface area contributed by atoms with Crippen molar-refractivity contribution in [3.8, 4) is 0 Å². The van der Waals surface area contributed by atoms with Crippen LogP contribution in [-0.2, 0) is 22.4 Å². The summed E-state index contributed by atoms with van der Waals surface area (Å²) in [7, 11) is 0. The average Bonchev–Trinajstić information content (AvgIpc) is 1.98. The molecule has 4 heteroatoms. The van der Waals surface area contributed by atoms with E-state index in [1.54, 1.807) is 0 Å². The summed E-state index contributed by atoms with van der Waals surface area (Å²) in [6, 6.07) is 0. The van der Waals surface area contributed by atoms with E-state index in [-0.39, 0.29) is 22.4 Å². The molecule has 1 aromatic heterocycles. The van der Waals surface area contributed by atoms with Gasteiger partial charge in [-0.05, 0) is 24.6 Å². The first kappa shape index (κ1) is 9.24. The second-order valence-electron chi connectivity index (χ2n) is 1.70. The van der Waals surface area contributed by atoms with Crippen molar-refractivity contribution in [2.45, 2.75) is 13.8 Å². The molecule has 0 N–H and O–H groups in total. The van der Waals surface area contributed by atoms with Gasteiger partial charge in [0.15, 0.2) is 0 Å². The minimum Gasteiger partial charge on any atom is -0.565 e. The van der Waals surface area contributed by atoms with Gasteiger partial charge in [0, 0.05) is 5.69 Å². The van der Waals surface area contributed by atoms with E-state index in [9.17, 15) is 0 Å². The van der Waals surface area contributed by atoms with E-state index in [0.717, 1.165) is 11.3 Å². The van der Waals surface area contributed by atoms with Crippen molar-refractivity contribution in [2.75, 3.05) is 0 Å². The summed E-state index contributed by atoms with van der Waals surface area (Å²) in [6.45, 7) is 3.78. The van der Waals surface area contributed by atoms with Crippen LogP contribution < -0.4 is 5.10 Å². The van der Waals surface area contributed by atoms with E-state index in [1.165, 1.54) is 0 Å². The Balaban J connectivity index is 0.000000640. The molecule has 0 aliphatic rings.